The molecule has 0 aromatic carbocycles. The standard InChI is InChI=1S/C9H12ClNO3S/c1-7-5-8(3-4-15(10,12)13)6-9(11-7)14-2/h5-6H,3-4H2,1-2H3. The van der Waals surface area contributed by atoms with Crippen LogP contribution < -0.4 is 4.74 Å². The van der Waals surface area contributed by atoms with Gasteiger partial charge in [0.05, 0.1) is 12.9 Å². The van der Waals surface area contributed by atoms with Crippen LogP contribution >= 0.6 is 10.7 Å². The van der Waals surface area contributed by atoms with Gasteiger partial charge in [-0.25, -0.2) is 13.4 Å². The molecule has 0 atom stereocenters. The molecular formula is C9H12ClNO3S. The molecule has 0 aliphatic heterocycles. The highest BCUT2D eigenvalue weighted by Gasteiger charge is 2.07. The largest absolute Gasteiger partial charge is 0.481 e. The van der Waals surface area contributed by atoms with E-state index in [1.54, 1.807) is 6.07 Å². The van der Waals surface area contributed by atoms with E-state index in [-0.39, 0.29) is 5.75 Å². The highest BCUT2D eigenvalue weighted by atomic mass is 35.7. The number of halogens is 1. The van der Waals surface area contributed by atoms with Crippen LogP contribution in [0.1, 0.15) is 11.3 Å². The fourth-order valence-corrected chi connectivity index (χ4v) is 1.91. The fourth-order valence-electron chi connectivity index (χ4n) is 1.20. The minimum absolute atomic E-state index is 0.0822. The van der Waals surface area contributed by atoms with E-state index >= 15 is 0 Å². The Morgan fingerprint density at radius 3 is 2.67 bits per heavy atom. The van der Waals surface area contributed by atoms with E-state index in [0.717, 1.165) is 11.3 Å². The second kappa shape index (κ2) is 4.81. The van der Waals surface area contributed by atoms with Crippen LogP contribution in [0.4, 0.5) is 0 Å². The van der Waals surface area contributed by atoms with Crippen LogP contribution in [0.2, 0.25) is 0 Å². The van der Waals surface area contributed by atoms with Gasteiger partial charge >= 0.3 is 0 Å². The van der Waals surface area contributed by atoms with Crippen molar-refractivity contribution in [1.82, 2.24) is 4.98 Å². The van der Waals surface area contributed by atoms with Crippen LogP contribution in [0.5, 0.6) is 5.88 Å². The third-order valence-electron chi connectivity index (χ3n) is 1.83. The van der Waals surface area contributed by atoms with Crippen molar-refractivity contribution in [2.24, 2.45) is 0 Å². The Kier molecular flexibility index (Phi) is 3.93. The van der Waals surface area contributed by atoms with Crippen molar-refractivity contribution in [2.45, 2.75) is 13.3 Å². The molecule has 0 saturated heterocycles. The van der Waals surface area contributed by atoms with E-state index in [1.807, 2.05) is 13.0 Å². The quantitative estimate of drug-likeness (QED) is 0.759. The molecule has 0 amide bonds. The van der Waals surface area contributed by atoms with Crippen LogP contribution in [0, 0.1) is 6.92 Å². The van der Waals surface area contributed by atoms with Gasteiger partial charge in [0.15, 0.2) is 0 Å². The van der Waals surface area contributed by atoms with Gasteiger partial charge in [-0.15, -0.1) is 0 Å². The first-order valence-electron chi connectivity index (χ1n) is 4.34. The maximum atomic E-state index is 10.8. The van der Waals surface area contributed by atoms with Gasteiger partial charge in [0.1, 0.15) is 0 Å². The number of hydrogen-bond acceptors (Lipinski definition) is 4. The van der Waals surface area contributed by atoms with Crippen molar-refractivity contribution in [3.8, 4) is 5.88 Å². The molecule has 0 N–H and O–H groups in total. The summed E-state index contributed by atoms with van der Waals surface area (Å²) in [7, 11) is 3.20. The summed E-state index contributed by atoms with van der Waals surface area (Å²) in [4.78, 5) is 4.09. The van der Waals surface area contributed by atoms with Gasteiger partial charge in [-0.2, -0.15) is 0 Å². The fraction of sp³-hybridized carbons (Fsp3) is 0.444. The molecular weight excluding hydrogens is 238 g/mol. The number of hydrogen-bond donors (Lipinski definition) is 0. The molecule has 4 nitrogen and oxygen atoms in total. The molecule has 0 fully saturated rings. The first-order valence-corrected chi connectivity index (χ1v) is 6.82. The summed E-state index contributed by atoms with van der Waals surface area (Å²) in [5.74, 6) is 0.401. The monoisotopic (exact) mass is 249 g/mol. The van der Waals surface area contributed by atoms with Crippen molar-refractivity contribution < 1.29 is 13.2 Å². The number of aryl methyl sites for hydroxylation is 2. The summed E-state index contributed by atoms with van der Waals surface area (Å²) in [6.07, 6.45) is 0.367. The van der Waals surface area contributed by atoms with Crippen LogP contribution in [-0.4, -0.2) is 26.3 Å². The van der Waals surface area contributed by atoms with Gasteiger partial charge in [-0.05, 0) is 25.0 Å². The number of rotatable bonds is 4. The zero-order valence-electron chi connectivity index (χ0n) is 8.53. The summed E-state index contributed by atoms with van der Waals surface area (Å²) >= 11 is 0. The zero-order chi connectivity index (χ0) is 11.5. The minimum Gasteiger partial charge on any atom is -0.481 e. The van der Waals surface area contributed by atoms with Crippen molar-refractivity contribution in [1.29, 1.82) is 0 Å². The lowest BCUT2D eigenvalue weighted by Gasteiger charge is -2.04. The molecule has 1 aromatic rings. The molecule has 0 aliphatic rings. The van der Waals surface area contributed by atoms with Crippen molar-refractivity contribution in [2.75, 3.05) is 12.9 Å². The van der Waals surface area contributed by atoms with Gasteiger partial charge in [0, 0.05) is 22.4 Å². The molecule has 0 radical (unpaired) electrons. The predicted octanol–water partition coefficient (Wildman–Crippen LogP) is 1.51. The van der Waals surface area contributed by atoms with E-state index in [2.05, 4.69) is 4.98 Å². The maximum absolute atomic E-state index is 10.8. The number of nitrogens with zero attached hydrogens (tertiary/aromatic N) is 1. The summed E-state index contributed by atoms with van der Waals surface area (Å²) in [5, 5.41) is 0. The van der Waals surface area contributed by atoms with Gasteiger partial charge in [0.25, 0.3) is 0 Å². The molecule has 0 bridgehead atoms. The second-order valence-electron chi connectivity index (χ2n) is 3.15. The predicted molar refractivity (Wildman–Crippen MR) is 58.9 cm³/mol. The lowest BCUT2D eigenvalue weighted by molar-refractivity contribution is 0.396. The van der Waals surface area contributed by atoms with Crippen molar-refractivity contribution >= 4 is 19.7 Å². The molecule has 15 heavy (non-hydrogen) atoms. The molecule has 6 heteroatoms. The third kappa shape index (κ3) is 4.48. The van der Waals surface area contributed by atoms with Crippen molar-refractivity contribution in [3.05, 3.63) is 23.4 Å². The smallest absolute Gasteiger partial charge is 0.232 e. The summed E-state index contributed by atoms with van der Waals surface area (Å²) < 4.78 is 26.5. The number of aromatic nitrogens is 1. The molecule has 1 aromatic heterocycles. The molecule has 1 heterocycles. The topological polar surface area (TPSA) is 56.3 Å². The molecule has 0 unspecified atom stereocenters. The Morgan fingerprint density at radius 2 is 2.13 bits per heavy atom. The maximum Gasteiger partial charge on any atom is 0.232 e. The highest BCUT2D eigenvalue weighted by molar-refractivity contribution is 8.13. The average molecular weight is 250 g/mol. The molecule has 0 saturated carbocycles. The Balaban J connectivity index is 2.81. The first kappa shape index (κ1) is 12.3. The lowest BCUT2D eigenvalue weighted by Crippen LogP contribution is -2.02. The van der Waals surface area contributed by atoms with E-state index in [4.69, 9.17) is 15.4 Å². The number of pyridine rings is 1. The Bertz CT molecular complexity index is 445. The van der Waals surface area contributed by atoms with Crippen LogP contribution in [-0.2, 0) is 15.5 Å². The van der Waals surface area contributed by atoms with Crippen LogP contribution in [0.3, 0.4) is 0 Å². The third-order valence-corrected chi connectivity index (χ3v) is 2.99. The van der Waals surface area contributed by atoms with E-state index in [0.29, 0.717) is 12.3 Å². The van der Waals surface area contributed by atoms with Gasteiger partial charge in [-0.1, -0.05) is 0 Å². The SMILES string of the molecule is COc1cc(CCS(=O)(=O)Cl)cc(C)n1. The Hall–Kier alpha value is -0.810. The van der Waals surface area contributed by atoms with Gasteiger partial charge in [0.2, 0.25) is 14.9 Å². The molecule has 0 aliphatic carbocycles. The highest BCUT2D eigenvalue weighted by Crippen LogP contribution is 2.13. The number of methoxy groups -OCH3 is 1. The van der Waals surface area contributed by atoms with Crippen molar-refractivity contribution in [3.63, 3.8) is 0 Å². The molecule has 1 rings (SSSR count). The average Bonchev–Trinajstić information content (AvgIpc) is 2.13. The van der Waals surface area contributed by atoms with Crippen LogP contribution in [0.25, 0.3) is 0 Å². The Morgan fingerprint density at radius 1 is 1.47 bits per heavy atom. The lowest BCUT2D eigenvalue weighted by atomic mass is 10.2. The summed E-state index contributed by atoms with van der Waals surface area (Å²) in [6, 6.07) is 3.51. The zero-order valence-corrected chi connectivity index (χ0v) is 10.1. The second-order valence-corrected chi connectivity index (χ2v) is 6.05. The number of ether oxygens (including phenoxy) is 1. The summed E-state index contributed by atoms with van der Waals surface area (Å²) in [5.41, 5.74) is 1.64. The van der Waals surface area contributed by atoms with E-state index in [9.17, 15) is 8.42 Å². The Labute approximate surface area is 93.7 Å². The van der Waals surface area contributed by atoms with Gasteiger partial charge in [-0.3, -0.25) is 0 Å². The van der Waals surface area contributed by atoms with Gasteiger partial charge < -0.3 is 4.74 Å². The van der Waals surface area contributed by atoms with E-state index in [1.165, 1.54) is 7.11 Å². The minimum atomic E-state index is -3.44. The van der Waals surface area contributed by atoms with E-state index < -0.39 is 9.05 Å². The summed E-state index contributed by atoms with van der Waals surface area (Å²) in [6.45, 7) is 1.82. The molecule has 84 valence electrons. The molecule has 0 spiro atoms. The normalized spacial score (nSPS) is 11.4. The van der Waals surface area contributed by atoms with Crippen LogP contribution in [0.15, 0.2) is 12.1 Å². The first-order chi connectivity index (χ1) is 6.90.